The Balaban J connectivity index is 2.31. The summed E-state index contributed by atoms with van der Waals surface area (Å²) in [6.45, 7) is 3.91. The van der Waals surface area contributed by atoms with E-state index in [2.05, 4.69) is 0 Å². The predicted octanol–water partition coefficient (Wildman–Crippen LogP) is 4.03. The lowest BCUT2D eigenvalue weighted by atomic mass is 9.93. The molecule has 0 aromatic heterocycles. The van der Waals surface area contributed by atoms with Gasteiger partial charge in [-0.15, -0.1) is 0 Å². The molecule has 0 aliphatic heterocycles. The Hall–Kier alpha value is -1.95. The second-order valence-corrected chi connectivity index (χ2v) is 8.27. The number of hydrogen-bond donors (Lipinski definition) is 0. The van der Waals surface area contributed by atoms with Gasteiger partial charge >= 0.3 is 0 Å². The SMILES string of the molecule is CC(C)=C1C=C(c2ccc(F)cc2F)C=C(OCCS(C)(=O)=O)C1. The predicted molar refractivity (Wildman–Crippen MR) is 91.1 cm³/mol. The summed E-state index contributed by atoms with van der Waals surface area (Å²) < 4.78 is 55.1. The minimum Gasteiger partial charge on any atom is -0.497 e. The molecule has 1 aromatic rings. The second kappa shape index (κ2) is 7.30. The number of halogens is 2. The van der Waals surface area contributed by atoms with Crippen LogP contribution in [-0.4, -0.2) is 27.0 Å². The highest BCUT2D eigenvalue weighted by Gasteiger charge is 2.16. The van der Waals surface area contributed by atoms with E-state index in [-0.39, 0.29) is 17.9 Å². The van der Waals surface area contributed by atoms with Crippen LogP contribution in [0.15, 0.2) is 47.3 Å². The van der Waals surface area contributed by atoms with E-state index in [0.29, 0.717) is 17.8 Å². The summed E-state index contributed by atoms with van der Waals surface area (Å²) in [5.74, 6) is -0.805. The number of sulfone groups is 1. The van der Waals surface area contributed by atoms with Crippen LogP contribution >= 0.6 is 0 Å². The molecule has 130 valence electrons. The van der Waals surface area contributed by atoms with Crippen LogP contribution in [0.25, 0.3) is 5.57 Å². The Morgan fingerprint density at radius 1 is 1.21 bits per heavy atom. The minimum absolute atomic E-state index is 0.0416. The topological polar surface area (TPSA) is 43.4 Å². The molecule has 1 aromatic carbocycles. The Kier molecular flexibility index (Phi) is 5.59. The second-order valence-electron chi connectivity index (χ2n) is 6.01. The van der Waals surface area contributed by atoms with Crippen LogP contribution in [0.3, 0.4) is 0 Å². The van der Waals surface area contributed by atoms with Crippen molar-refractivity contribution in [3.8, 4) is 0 Å². The number of allylic oxidation sites excluding steroid dienone is 5. The maximum absolute atomic E-state index is 14.1. The number of hydrogen-bond acceptors (Lipinski definition) is 3. The number of rotatable bonds is 5. The summed E-state index contributed by atoms with van der Waals surface area (Å²) in [4.78, 5) is 0. The molecule has 1 aliphatic rings. The summed E-state index contributed by atoms with van der Waals surface area (Å²) in [5, 5.41) is 0. The van der Waals surface area contributed by atoms with Gasteiger partial charge in [0.1, 0.15) is 24.0 Å². The van der Waals surface area contributed by atoms with Crippen molar-refractivity contribution in [1.82, 2.24) is 0 Å². The van der Waals surface area contributed by atoms with Crippen LogP contribution < -0.4 is 0 Å². The summed E-state index contributed by atoms with van der Waals surface area (Å²) in [7, 11) is -3.11. The maximum atomic E-state index is 14.1. The fourth-order valence-corrected chi connectivity index (χ4v) is 2.70. The first-order valence-corrected chi connectivity index (χ1v) is 9.56. The van der Waals surface area contributed by atoms with Gasteiger partial charge in [0.15, 0.2) is 9.84 Å². The Labute approximate surface area is 141 Å². The van der Waals surface area contributed by atoms with Gasteiger partial charge in [-0.05, 0) is 43.2 Å². The van der Waals surface area contributed by atoms with Gasteiger partial charge in [0.25, 0.3) is 0 Å². The third-order valence-corrected chi connectivity index (χ3v) is 4.55. The van der Waals surface area contributed by atoms with E-state index in [1.54, 1.807) is 6.08 Å². The molecule has 0 saturated carbocycles. The van der Waals surface area contributed by atoms with E-state index in [1.807, 2.05) is 19.9 Å². The van der Waals surface area contributed by atoms with Gasteiger partial charge in [-0.2, -0.15) is 0 Å². The maximum Gasteiger partial charge on any atom is 0.150 e. The molecule has 0 unspecified atom stereocenters. The van der Waals surface area contributed by atoms with Crippen molar-refractivity contribution in [2.24, 2.45) is 0 Å². The van der Waals surface area contributed by atoms with Gasteiger partial charge < -0.3 is 4.74 Å². The zero-order valence-electron chi connectivity index (χ0n) is 13.9. The Morgan fingerprint density at radius 2 is 1.92 bits per heavy atom. The highest BCUT2D eigenvalue weighted by Crippen LogP contribution is 2.32. The molecule has 2 rings (SSSR count). The Morgan fingerprint density at radius 3 is 2.50 bits per heavy atom. The number of benzene rings is 1. The molecule has 0 atom stereocenters. The quantitative estimate of drug-likeness (QED) is 0.802. The molecular formula is C18H20F2O3S. The van der Waals surface area contributed by atoms with Gasteiger partial charge in [-0.3, -0.25) is 0 Å². The van der Waals surface area contributed by atoms with Gasteiger partial charge in [-0.1, -0.05) is 11.6 Å². The lowest BCUT2D eigenvalue weighted by Crippen LogP contribution is -2.11. The average Bonchev–Trinajstić information content (AvgIpc) is 2.45. The van der Waals surface area contributed by atoms with Crippen LogP contribution in [-0.2, 0) is 14.6 Å². The zero-order chi connectivity index (χ0) is 17.9. The van der Waals surface area contributed by atoms with E-state index >= 15 is 0 Å². The fourth-order valence-electron chi connectivity index (χ4n) is 2.31. The van der Waals surface area contributed by atoms with Crippen molar-refractivity contribution in [3.63, 3.8) is 0 Å². The first kappa shape index (κ1) is 18.4. The lowest BCUT2D eigenvalue weighted by molar-refractivity contribution is 0.224. The first-order chi connectivity index (χ1) is 11.2. The van der Waals surface area contributed by atoms with Gasteiger partial charge in [0.05, 0.1) is 5.75 Å². The van der Waals surface area contributed by atoms with Gasteiger partial charge in [0, 0.05) is 24.3 Å². The lowest BCUT2D eigenvalue weighted by Gasteiger charge is -2.19. The molecule has 3 nitrogen and oxygen atoms in total. The zero-order valence-corrected chi connectivity index (χ0v) is 14.7. The van der Waals surface area contributed by atoms with E-state index in [0.717, 1.165) is 23.5 Å². The van der Waals surface area contributed by atoms with Crippen molar-refractivity contribution in [3.05, 3.63) is 64.5 Å². The molecule has 1 aliphatic carbocycles. The molecule has 0 amide bonds. The van der Waals surface area contributed by atoms with E-state index in [4.69, 9.17) is 4.74 Å². The average molecular weight is 354 g/mol. The van der Waals surface area contributed by atoms with Crippen LogP contribution in [0.4, 0.5) is 8.78 Å². The van der Waals surface area contributed by atoms with Crippen molar-refractivity contribution < 1.29 is 21.9 Å². The molecule has 0 spiro atoms. The van der Waals surface area contributed by atoms with Crippen molar-refractivity contribution in [1.29, 1.82) is 0 Å². The fraction of sp³-hybridized carbons (Fsp3) is 0.333. The summed E-state index contributed by atoms with van der Waals surface area (Å²) >= 11 is 0. The molecule has 0 saturated heterocycles. The Bertz CT molecular complexity index is 830. The summed E-state index contributed by atoms with van der Waals surface area (Å²) in [6.07, 6.45) is 5.17. The smallest absolute Gasteiger partial charge is 0.150 e. The molecular weight excluding hydrogens is 334 g/mol. The minimum atomic E-state index is -3.11. The molecule has 0 fully saturated rings. The van der Waals surface area contributed by atoms with Crippen LogP contribution in [0.5, 0.6) is 0 Å². The normalized spacial score (nSPS) is 15.0. The summed E-state index contributed by atoms with van der Waals surface area (Å²) in [5.41, 5.74) is 2.86. The largest absolute Gasteiger partial charge is 0.497 e. The van der Waals surface area contributed by atoms with Crippen molar-refractivity contribution >= 4 is 15.4 Å². The van der Waals surface area contributed by atoms with Gasteiger partial charge in [-0.25, -0.2) is 17.2 Å². The molecule has 0 bridgehead atoms. The molecule has 24 heavy (non-hydrogen) atoms. The molecule has 0 radical (unpaired) electrons. The van der Waals surface area contributed by atoms with E-state index in [1.165, 1.54) is 12.1 Å². The third kappa shape index (κ3) is 5.03. The van der Waals surface area contributed by atoms with E-state index < -0.39 is 21.5 Å². The molecule has 0 N–H and O–H groups in total. The van der Waals surface area contributed by atoms with Crippen LogP contribution in [0, 0.1) is 11.6 Å². The van der Waals surface area contributed by atoms with Crippen LogP contribution in [0.2, 0.25) is 0 Å². The first-order valence-electron chi connectivity index (χ1n) is 7.50. The van der Waals surface area contributed by atoms with Crippen molar-refractivity contribution in [2.45, 2.75) is 20.3 Å². The summed E-state index contributed by atoms with van der Waals surface area (Å²) in [6, 6.07) is 3.42. The third-order valence-electron chi connectivity index (χ3n) is 3.64. The van der Waals surface area contributed by atoms with Crippen LogP contribution in [0.1, 0.15) is 25.8 Å². The van der Waals surface area contributed by atoms with Crippen molar-refractivity contribution in [2.75, 3.05) is 18.6 Å². The number of ether oxygens (including phenoxy) is 1. The molecule has 0 heterocycles. The van der Waals surface area contributed by atoms with E-state index in [9.17, 15) is 17.2 Å². The monoisotopic (exact) mass is 354 g/mol. The highest BCUT2D eigenvalue weighted by atomic mass is 32.2. The highest BCUT2D eigenvalue weighted by molar-refractivity contribution is 7.90. The van der Waals surface area contributed by atoms with Gasteiger partial charge in [0.2, 0.25) is 0 Å². The molecule has 6 heteroatoms. The standard InChI is InChI=1S/C18H20F2O3S/c1-12(2)13-8-14(17-5-4-15(19)11-18(17)20)10-16(9-13)23-6-7-24(3,21)22/h4-5,8,10-11H,6-7,9H2,1-3H3.